The molecule has 0 saturated carbocycles. The first-order valence-electron chi connectivity index (χ1n) is 7.20. The molecule has 0 aromatic carbocycles. The minimum atomic E-state index is 0.536. The van der Waals surface area contributed by atoms with Crippen LogP contribution in [0.2, 0.25) is 0 Å². The van der Waals surface area contributed by atoms with Crippen molar-refractivity contribution in [2.75, 3.05) is 13.1 Å². The number of rotatable bonds is 3. The third kappa shape index (κ3) is 3.02. The molecule has 20 heavy (non-hydrogen) atoms. The maximum absolute atomic E-state index is 4.41. The Morgan fingerprint density at radius 2 is 2.15 bits per heavy atom. The van der Waals surface area contributed by atoms with Gasteiger partial charge in [0.2, 0.25) is 0 Å². The maximum atomic E-state index is 4.41. The quantitative estimate of drug-likeness (QED) is 0.858. The van der Waals surface area contributed by atoms with Crippen molar-refractivity contribution in [3.8, 4) is 0 Å². The molecule has 1 atom stereocenters. The molecule has 0 aliphatic carbocycles. The Bertz CT molecular complexity index is 555. The maximum Gasteiger partial charge on any atom is 0.115 e. The molecule has 4 nitrogen and oxygen atoms in total. The number of likely N-dealkylation sites (tertiary alicyclic amines) is 1. The van der Waals surface area contributed by atoms with E-state index < -0.39 is 0 Å². The first-order valence-corrected chi connectivity index (χ1v) is 7.20. The molecule has 2 aromatic rings. The van der Waals surface area contributed by atoms with Crippen LogP contribution in [-0.2, 0) is 6.54 Å². The van der Waals surface area contributed by atoms with Crippen LogP contribution in [0, 0.1) is 6.92 Å². The van der Waals surface area contributed by atoms with Crippen molar-refractivity contribution in [2.24, 2.45) is 0 Å². The van der Waals surface area contributed by atoms with Crippen molar-refractivity contribution in [1.29, 1.82) is 0 Å². The van der Waals surface area contributed by atoms with Crippen LogP contribution in [0.25, 0.3) is 0 Å². The molecule has 1 fully saturated rings. The van der Waals surface area contributed by atoms with E-state index in [9.17, 15) is 0 Å². The Labute approximate surface area is 119 Å². The van der Waals surface area contributed by atoms with Crippen LogP contribution in [0.3, 0.4) is 0 Å². The zero-order valence-electron chi connectivity index (χ0n) is 11.9. The van der Waals surface area contributed by atoms with Gasteiger partial charge in [-0.25, -0.2) is 9.97 Å². The lowest BCUT2D eigenvalue weighted by atomic mass is 9.94. The van der Waals surface area contributed by atoms with Crippen LogP contribution < -0.4 is 0 Å². The minimum Gasteiger partial charge on any atom is -0.298 e. The van der Waals surface area contributed by atoms with Gasteiger partial charge in [-0.05, 0) is 49.6 Å². The number of hydrogen-bond acceptors (Lipinski definition) is 4. The Morgan fingerprint density at radius 3 is 2.95 bits per heavy atom. The van der Waals surface area contributed by atoms with Crippen LogP contribution in [0.15, 0.2) is 37.1 Å². The fourth-order valence-electron chi connectivity index (χ4n) is 2.90. The summed E-state index contributed by atoms with van der Waals surface area (Å²) in [5.41, 5.74) is 3.83. The lowest BCUT2D eigenvalue weighted by molar-refractivity contribution is 0.198. The van der Waals surface area contributed by atoms with Gasteiger partial charge in [-0.1, -0.05) is 0 Å². The average molecular weight is 268 g/mol. The smallest absolute Gasteiger partial charge is 0.115 e. The highest BCUT2D eigenvalue weighted by molar-refractivity contribution is 5.21. The predicted octanol–water partition coefficient (Wildman–Crippen LogP) is 2.56. The number of nitrogens with zero attached hydrogens (tertiary/aromatic N) is 4. The summed E-state index contributed by atoms with van der Waals surface area (Å²) < 4.78 is 0. The normalized spacial score (nSPS) is 19.9. The Hall–Kier alpha value is -1.81. The molecule has 0 amide bonds. The fraction of sp³-hybridized carbons (Fsp3) is 0.438. The number of pyridine rings is 1. The second-order valence-electron chi connectivity index (χ2n) is 5.51. The van der Waals surface area contributed by atoms with Gasteiger partial charge in [-0.15, -0.1) is 0 Å². The fourth-order valence-corrected chi connectivity index (χ4v) is 2.90. The number of aromatic nitrogens is 3. The first-order chi connectivity index (χ1) is 9.83. The van der Waals surface area contributed by atoms with Crippen molar-refractivity contribution in [3.63, 3.8) is 0 Å². The van der Waals surface area contributed by atoms with Gasteiger partial charge in [-0.2, -0.15) is 0 Å². The van der Waals surface area contributed by atoms with Crippen molar-refractivity contribution >= 4 is 0 Å². The van der Waals surface area contributed by atoms with E-state index in [4.69, 9.17) is 0 Å². The van der Waals surface area contributed by atoms with E-state index in [-0.39, 0.29) is 0 Å². The standard InChI is InChI=1S/C16H20N4/c1-13-9-17-6-4-14(13)10-20-8-2-3-15(11-20)16-5-7-18-12-19-16/h4-7,9,12,15H,2-3,8,10-11H2,1H3/t15-/m1/s1. The monoisotopic (exact) mass is 268 g/mol. The van der Waals surface area contributed by atoms with Crippen molar-refractivity contribution in [1.82, 2.24) is 19.9 Å². The van der Waals surface area contributed by atoms with Crippen molar-refractivity contribution in [3.05, 3.63) is 53.9 Å². The first kappa shape index (κ1) is 13.2. The molecule has 0 radical (unpaired) electrons. The molecule has 3 heterocycles. The number of aryl methyl sites for hydroxylation is 1. The third-order valence-electron chi connectivity index (χ3n) is 4.06. The van der Waals surface area contributed by atoms with E-state index >= 15 is 0 Å². The summed E-state index contributed by atoms with van der Waals surface area (Å²) in [6.07, 6.45) is 9.78. The second kappa shape index (κ2) is 6.09. The van der Waals surface area contributed by atoms with E-state index in [2.05, 4.69) is 32.8 Å². The SMILES string of the molecule is Cc1cnccc1CN1CCC[C@@H](c2ccncn2)C1. The van der Waals surface area contributed by atoms with Crippen molar-refractivity contribution < 1.29 is 0 Å². The molecule has 0 unspecified atom stereocenters. The van der Waals surface area contributed by atoms with Gasteiger partial charge in [-0.3, -0.25) is 9.88 Å². The van der Waals surface area contributed by atoms with Crippen LogP contribution in [0.1, 0.15) is 35.6 Å². The van der Waals surface area contributed by atoms with Gasteiger partial charge in [0.1, 0.15) is 6.33 Å². The molecule has 1 aliphatic heterocycles. The van der Waals surface area contributed by atoms with Gasteiger partial charge in [0.05, 0.1) is 0 Å². The van der Waals surface area contributed by atoms with Crippen molar-refractivity contribution in [2.45, 2.75) is 32.2 Å². The van der Waals surface area contributed by atoms with Crippen LogP contribution in [0.5, 0.6) is 0 Å². The average Bonchev–Trinajstić information content (AvgIpc) is 2.51. The van der Waals surface area contributed by atoms with E-state index in [1.807, 2.05) is 24.7 Å². The minimum absolute atomic E-state index is 0.536. The van der Waals surface area contributed by atoms with Gasteiger partial charge in [0.15, 0.2) is 0 Å². The highest BCUT2D eigenvalue weighted by atomic mass is 15.1. The Morgan fingerprint density at radius 1 is 1.25 bits per heavy atom. The summed E-state index contributed by atoms with van der Waals surface area (Å²) in [4.78, 5) is 15.1. The zero-order chi connectivity index (χ0) is 13.8. The molecule has 0 spiro atoms. The Kier molecular flexibility index (Phi) is 4.02. The lowest BCUT2D eigenvalue weighted by Crippen LogP contribution is -2.34. The number of hydrogen-bond donors (Lipinski definition) is 0. The summed E-state index contributed by atoms with van der Waals surface area (Å²) in [5.74, 6) is 0.536. The van der Waals surface area contributed by atoms with Gasteiger partial charge < -0.3 is 0 Å². The number of piperidine rings is 1. The summed E-state index contributed by atoms with van der Waals surface area (Å²) in [6.45, 7) is 5.40. The van der Waals surface area contributed by atoms with E-state index in [0.717, 1.165) is 13.1 Å². The summed E-state index contributed by atoms with van der Waals surface area (Å²) in [6, 6.07) is 4.18. The third-order valence-corrected chi connectivity index (χ3v) is 4.06. The molecule has 3 rings (SSSR count). The molecule has 104 valence electrons. The summed E-state index contributed by atoms with van der Waals surface area (Å²) in [5, 5.41) is 0. The predicted molar refractivity (Wildman–Crippen MR) is 78.3 cm³/mol. The van der Waals surface area contributed by atoms with Crippen LogP contribution in [0.4, 0.5) is 0 Å². The molecule has 0 bridgehead atoms. The molecule has 0 N–H and O–H groups in total. The van der Waals surface area contributed by atoms with E-state index in [1.54, 1.807) is 6.33 Å². The van der Waals surface area contributed by atoms with Gasteiger partial charge >= 0.3 is 0 Å². The molecule has 1 aliphatic rings. The summed E-state index contributed by atoms with van der Waals surface area (Å²) >= 11 is 0. The second-order valence-corrected chi connectivity index (χ2v) is 5.51. The molecule has 2 aromatic heterocycles. The topological polar surface area (TPSA) is 41.9 Å². The van der Waals surface area contributed by atoms with E-state index in [1.165, 1.54) is 36.2 Å². The highest BCUT2D eigenvalue weighted by Gasteiger charge is 2.22. The lowest BCUT2D eigenvalue weighted by Gasteiger charge is -2.32. The zero-order valence-corrected chi connectivity index (χ0v) is 11.9. The summed E-state index contributed by atoms with van der Waals surface area (Å²) in [7, 11) is 0. The van der Waals surface area contributed by atoms with Gasteiger partial charge in [0.25, 0.3) is 0 Å². The Balaban J connectivity index is 1.68. The van der Waals surface area contributed by atoms with Crippen LogP contribution in [-0.4, -0.2) is 32.9 Å². The molecular formula is C16H20N4. The molecule has 1 saturated heterocycles. The van der Waals surface area contributed by atoms with E-state index in [0.29, 0.717) is 5.92 Å². The molecular weight excluding hydrogens is 248 g/mol. The van der Waals surface area contributed by atoms with Crippen LogP contribution >= 0.6 is 0 Å². The highest BCUT2D eigenvalue weighted by Crippen LogP contribution is 2.26. The molecule has 4 heteroatoms. The van der Waals surface area contributed by atoms with Gasteiger partial charge in [0, 0.05) is 43.3 Å². The largest absolute Gasteiger partial charge is 0.298 e.